The molecular formula is C23H21ClN4O3. The van der Waals surface area contributed by atoms with Crippen LogP contribution in [-0.2, 0) is 15.1 Å². The molecule has 0 fully saturated rings. The summed E-state index contributed by atoms with van der Waals surface area (Å²) < 4.78 is 7.79. The summed E-state index contributed by atoms with van der Waals surface area (Å²) in [7, 11) is 0. The highest BCUT2D eigenvalue weighted by Gasteiger charge is 2.41. The van der Waals surface area contributed by atoms with Crippen molar-refractivity contribution in [2.24, 2.45) is 0 Å². The van der Waals surface area contributed by atoms with Crippen LogP contribution in [0.2, 0.25) is 5.02 Å². The van der Waals surface area contributed by atoms with E-state index < -0.39 is 11.3 Å². The van der Waals surface area contributed by atoms with Crippen molar-refractivity contribution in [3.8, 4) is 0 Å². The first kappa shape index (κ1) is 20.8. The zero-order valence-electron chi connectivity index (χ0n) is 17.1. The van der Waals surface area contributed by atoms with Crippen LogP contribution in [0.3, 0.4) is 0 Å². The molecule has 4 rings (SSSR count). The molecule has 1 unspecified atom stereocenters. The largest absolute Gasteiger partial charge is 0.377 e. The van der Waals surface area contributed by atoms with Gasteiger partial charge < -0.3 is 14.4 Å². The highest BCUT2D eigenvalue weighted by atomic mass is 35.5. The number of Topliss-reactive ketones (excluding diaryl/α,β-unsaturated/α-hetero) is 1. The molecule has 0 saturated heterocycles. The third kappa shape index (κ3) is 3.61. The molecule has 0 aliphatic heterocycles. The van der Waals surface area contributed by atoms with Crippen molar-refractivity contribution in [2.75, 3.05) is 11.9 Å². The van der Waals surface area contributed by atoms with Crippen molar-refractivity contribution in [3.05, 3.63) is 77.0 Å². The normalized spacial score (nSPS) is 13.1. The molecule has 31 heavy (non-hydrogen) atoms. The molecule has 158 valence electrons. The number of fused-ring (bicyclic) bond motifs is 1. The molecule has 2 aromatic carbocycles. The summed E-state index contributed by atoms with van der Waals surface area (Å²) in [6, 6.07) is 15.3. The number of aromatic nitrogens is 3. The predicted octanol–water partition coefficient (Wildman–Crippen LogP) is 4.37. The number of benzene rings is 2. The van der Waals surface area contributed by atoms with Gasteiger partial charge in [-0.1, -0.05) is 41.9 Å². The molecule has 2 aromatic heterocycles. The van der Waals surface area contributed by atoms with Gasteiger partial charge in [-0.25, -0.2) is 0 Å². The minimum Gasteiger partial charge on any atom is -0.377 e. The van der Waals surface area contributed by atoms with E-state index >= 15 is 0 Å². The molecule has 4 aromatic rings. The van der Waals surface area contributed by atoms with E-state index in [1.54, 1.807) is 6.92 Å². The summed E-state index contributed by atoms with van der Waals surface area (Å²) in [5.74, 6) is 0.511. The second-order valence-electron chi connectivity index (χ2n) is 7.23. The van der Waals surface area contributed by atoms with Gasteiger partial charge in [-0.15, -0.1) is 0 Å². The summed E-state index contributed by atoms with van der Waals surface area (Å²) in [6.45, 7) is 3.78. The van der Waals surface area contributed by atoms with Gasteiger partial charge in [0.1, 0.15) is 5.54 Å². The van der Waals surface area contributed by atoms with E-state index in [0.29, 0.717) is 29.4 Å². The Morgan fingerprint density at radius 1 is 1.23 bits per heavy atom. The predicted molar refractivity (Wildman–Crippen MR) is 118 cm³/mol. The fraction of sp³-hybridized carbons (Fsp3) is 0.217. The van der Waals surface area contributed by atoms with Gasteiger partial charge >= 0.3 is 0 Å². The van der Waals surface area contributed by atoms with Crippen LogP contribution in [0.25, 0.3) is 10.9 Å². The minimum absolute atomic E-state index is 0.0627. The summed E-state index contributed by atoms with van der Waals surface area (Å²) in [5, 5.41) is 8.62. The third-order valence-electron chi connectivity index (χ3n) is 5.44. The zero-order chi connectivity index (χ0) is 22.0. The average Bonchev–Trinajstić information content (AvgIpc) is 3.42. The summed E-state index contributed by atoms with van der Waals surface area (Å²) in [6.07, 6.45) is 2.93. The number of aryl methyl sites for hydroxylation is 1. The number of hydrogen-bond donors (Lipinski definition) is 1. The molecule has 0 spiro atoms. The molecular weight excluding hydrogens is 416 g/mol. The Labute approximate surface area is 184 Å². The van der Waals surface area contributed by atoms with Gasteiger partial charge in [0.15, 0.2) is 12.1 Å². The van der Waals surface area contributed by atoms with Crippen LogP contribution in [0.5, 0.6) is 0 Å². The third-order valence-corrected chi connectivity index (χ3v) is 5.70. The number of nitrogens with one attached hydrogen (secondary N) is 1. The smallest absolute Gasteiger partial charge is 0.257 e. The Balaban J connectivity index is 1.93. The lowest BCUT2D eigenvalue weighted by molar-refractivity contribution is -0.128. The second-order valence-corrected chi connectivity index (χ2v) is 7.67. The molecule has 0 saturated carbocycles. The van der Waals surface area contributed by atoms with E-state index in [2.05, 4.69) is 26.9 Å². The minimum atomic E-state index is -0.759. The molecule has 0 amide bonds. The van der Waals surface area contributed by atoms with E-state index in [4.69, 9.17) is 16.1 Å². The van der Waals surface area contributed by atoms with Crippen molar-refractivity contribution in [1.29, 1.82) is 0 Å². The van der Waals surface area contributed by atoms with Crippen LogP contribution in [-0.4, -0.2) is 33.3 Å². The Morgan fingerprint density at radius 3 is 2.65 bits per heavy atom. The molecule has 2 heterocycles. The lowest BCUT2D eigenvalue weighted by Gasteiger charge is -2.32. The van der Waals surface area contributed by atoms with Crippen molar-refractivity contribution < 1.29 is 14.1 Å². The number of halogens is 1. The monoisotopic (exact) mass is 436 g/mol. The topological polar surface area (TPSA) is 90.0 Å². The molecule has 1 atom stereocenters. The van der Waals surface area contributed by atoms with Crippen LogP contribution < -0.4 is 5.32 Å². The summed E-state index contributed by atoms with van der Waals surface area (Å²) in [4.78, 5) is 26.7. The van der Waals surface area contributed by atoms with Gasteiger partial charge in [-0.05, 0) is 49.2 Å². The van der Waals surface area contributed by atoms with Gasteiger partial charge in [0.05, 0.1) is 12.1 Å². The molecule has 0 aliphatic carbocycles. The van der Waals surface area contributed by atoms with Crippen LogP contribution >= 0.6 is 11.6 Å². The average molecular weight is 437 g/mol. The first-order chi connectivity index (χ1) is 15.0. The second kappa shape index (κ2) is 8.35. The number of hydrogen-bond acceptors (Lipinski definition) is 6. The van der Waals surface area contributed by atoms with Crippen LogP contribution in [0.15, 0.2) is 59.3 Å². The maximum atomic E-state index is 11.5. The highest BCUT2D eigenvalue weighted by molar-refractivity contribution is 6.30. The Hall–Kier alpha value is -3.45. The number of carbonyl (C=O) groups is 2. The number of aldehydes is 1. The molecule has 0 bridgehead atoms. The SMILES string of the molecule is CCC(c1ccc(Cl)cc1)(c1nc(C)no1)n1ccc2c(NCC(=O)C=O)cccc21. The van der Waals surface area contributed by atoms with E-state index in [1.165, 1.54) is 0 Å². The first-order valence-corrected chi connectivity index (χ1v) is 10.3. The Kier molecular flexibility index (Phi) is 5.61. The van der Waals surface area contributed by atoms with Crippen LogP contribution in [0.4, 0.5) is 5.69 Å². The van der Waals surface area contributed by atoms with Crippen molar-refractivity contribution in [2.45, 2.75) is 25.8 Å². The number of ketones is 1. The number of rotatable bonds is 8. The summed E-state index contributed by atoms with van der Waals surface area (Å²) in [5.41, 5.74) is 1.87. The lowest BCUT2D eigenvalue weighted by Crippen LogP contribution is -2.35. The van der Waals surface area contributed by atoms with Crippen molar-refractivity contribution >= 4 is 40.3 Å². The maximum Gasteiger partial charge on any atom is 0.257 e. The van der Waals surface area contributed by atoms with Gasteiger partial charge in [-0.3, -0.25) is 9.59 Å². The fourth-order valence-electron chi connectivity index (χ4n) is 3.96. The zero-order valence-corrected chi connectivity index (χ0v) is 17.9. The standard InChI is InChI=1S/C23H21ClN4O3/c1-3-23(22-26-15(2)27-31-22,16-7-9-17(24)10-8-16)28-12-11-19-20(5-4-6-21(19)28)25-13-18(30)14-29/h4-12,14,25H,3,13H2,1-2H3. The van der Waals surface area contributed by atoms with Gasteiger partial charge in [0.2, 0.25) is 5.78 Å². The first-order valence-electron chi connectivity index (χ1n) is 9.89. The molecule has 8 heteroatoms. The van der Waals surface area contributed by atoms with Gasteiger partial charge in [0, 0.05) is 22.3 Å². The van der Waals surface area contributed by atoms with Gasteiger partial charge in [-0.2, -0.15) is 4.98 Å². The van der Waals surface area contributed by atoms with E-state index in [-0.39, 0.29) is 6.54 Å². The Bertz CT molecular complexity index is 1250. The van der Waals surface area contributed by atoms with E-state index in [0.717, 1.165) is 22.2 Å². The number of nitrogens with zero attached hydrogens (tertiary/aromatic N) is 3. The molecule has 0 aliphatic rings. The fourth-order valence-corrected chi connectivity index (χ4v) is 4.09. The maximum absolute atomic E-state index is 11.5. The van der Waals surface area contributed by atoms with Crippen molar-refractivity contribution in [1.82, 2.24) is 14.7 Å². The van der Waals surface area contributed by atoms with Gasteiger partial charge in [0.25, 0.3) is 5.89 Å². The Morgan fingerprint density at radius 2 is 2.00 bits per heavy atom. The van der Waals surface area contributed by atoms with Crippen LogP contribution in [0, 0.1) is 6.92 Å². The highest BCUT2D eigenvalue weighted by Crippen LogP contribution is 2.40. The van der Waals surface area contributed by atoms with E-state index in [9.17, 15) is 9.59 Å². The van der Waals surface area contributed by atoms with Crippen LogP contribution in [0.1, 0.15) is 30.6 Å². The van der Waals surface area contributed by atoms with Crippen molar-refractivity contribution in [3.63, 3.8) is 0 Å². The molecule has 1 N–H and O–H groups in total. The number of carbonyl (C=O) groups excluding carboxylic acids is 2. The lowest BCUT2D eigenvalue weighted by atomic mass is 9.86. The quantitative estimate of drug-likeness (QED) is 0.326. The molecule has 0 radical (unpaired) electrons. The number of anilines is 1. The summed E-state index contributed by atoms with van der Waals surface area (Å²) >= 11 is 6.15. The van der Waals surface area contributed by atoms with E-state index in [1.807, 2.05) is 54.7 Å². The molecule has 7 nitrogen and oxygen atoms in total.